The maximum atomic E-state index is 12.1. The van der Waals surface area contributed by atoms with Gasteiger partial charge < -0.3 is 10.1 Å². The molecular formula is C20H23NO2S. The van der Waals surface area contributed by atoms with Crippen LogP contribution in [0, 0.1) is 0 Å². The molecule has 1 aliphatic heterocycles. The molecule has 1 unspecified atom stereocenters. The number of fused-ring (bicyclic) bond motifs is 1. The Morgan fingerprint density at radius 3 is 2.92 bits per heavy atom. The molecule has 1 atom stereocenters. The lowest BCUT2D eigenvalue weighted by Gasteiger charge is -2.14. The molecule has 3 nitrogen and oxygen atoms in total. The van der Waals surface area contributed by atoms with Crippen LogP contribution < -0.4 is 10.1 Å². The molecule has 126 valence electrons. The minimum atomic E-state index is 0.121. The zero-order chi connectivity index (χ0) is 16.8. The zero-order valence-electron chi connectivity index (χ0n) is 14.0. The van der Waals surface area contributed by atoms with E-state index in [1.165, 1.54) is 16.0 Å². The summed E-state index contributed by atoms with van der Waals surface area (Å²) in [6.07, 6.45) is 2.38. The van der Waals surface area contributed by atoms with Crippen LogP contribution in [0.3, 0.4) is 0 Å². The highest BCUT2D eigenvalue weighted by molar-refractivity contribution is 7.99. The monoisotopic (exact) mass is 341 g/mol. The molecule has 1 N–H and O–H groups in total. The summed E-state index contributed by atoms with van der Waals surface area (Å²) in [5.74, 6) is 1.93. The van der Waals surface area contributed by atoms with Crippen molar-refractivity contribution in [2.24, 2.45) is 0 Å². The first kappa shape index (κ1) is 16.9. The minimum absolute atomic E-state index is 0.121. The second-order valence-corrected chi connectivity index (χ2v) is 7.29. The summed E-state index contributed by atoms with van der Waals surface area (Å²) in [4.78, 5) is 13.3. The fourth-order valence-electron chi connectivity index (χ4n) is 2.90. The Balaban J connectivity index is 1.41. The van der Waals surface area contributed by atoms with Crippen molar-refractivity contribution in [1.29, 1.82) is 0 Å². The first-order valence-electron chi connectivity index (χ1n) is 8.42. The lowest BCUT2D eigenvalue weighted by Crippen LogP contribution is -2.34. The summed E-state index contributed by atoms with van der Waals surface area (Å²) in [7, 11) is 0. The highest BCUT2D eigenvalue weighted by Gasteiger charge is 2.14. The van der Waals surface area contributed by atoms with Gasteiger partial charge in [-0.05, 0) is 42.7 Å². The van der Waals surface area contributed by atoms with Crippen molar-refractivity contribution in [2.45, 2.75) is 37.1 Å². The van der Waals surface area contributed by atoms with E-state index in [1.54, 1.807) is 11.8 Å². The number of thioether (sulfide) groups is 1. The molecule has 2 aromatic carbocycles. The van der Waals surface area contributed by atoms with Crippen molar-refractivity contribution in [3.63, 3.8) is 0 Å². The Kier molecular flexibility index (Phi) is 5.81. The number of amides is 1. The molecule has 0 radical (unpaired) electrons. The topological polar surface area (TPSA) is 38.3 Å². The van der Waals surface area contributed by atoms with Gasteiger partial charge in [-0.15, -0.1) is 11.8 Å². The smallest absolute Gasteiger partial charge is 0.221 e. The van der Waals surface area contributed by atoms with Gasteiger partial charge in [0.05, 0.1) is 6.61 Å². The largest absolute Gasteiger partial charge is 0.493 e. The predicted octanol–water partition coefficient (Wildman–Crippen LogP) is 3.85. The molecule has 0 spiro atoms. The second-order valence-electron chi connectivity index (χ2n) is 6.12. The van der Waals surface area contributed by atoms with Gasteiger partial charge in [-0.2, -0.15) is 0 Å². The Morgan fingerprint density at radius 1 is 1.25 bits per heavy atom. The number of nitrogens with one attached hydrogen (secondary N) is 1. The number of benzene rings is 2. The van der Waals surface area contributed by atoms with E-state index in [1.807, 2.05) is 24.3 Å². The van der Waals surface area contributed by atoms with Crippen LogP contribution in [-0.2, 0) is 17.6 Å². The molecule has 0 aromatic heterocycles. The van der Waals surface area contributed by atoms with Crippen LogP contribution in [-0.4, -0.2) is 24.3 Å². The van der Waals surface area contributed by atoms with Gasteiger partial charge in [0.15, 0.2) is 0 Å². The Morgan fingerprint density at radius 2 is 2.08 bits per heavy atom. The lowest BCUT2D eigenvalue weighted by molar-refractivity contribution is -0.121. The maximum absolute atomic E-state index is 12.1. The highest BCUT2D eigenvalue weighted by atomic mass is 32.2. The van der Waals surface area contributed by atoms with E-state index in [4.69, 9.17) is 4.74 Å². The summed E-state index contributed by atoms with van der Waals surface area (Å²) >= 11 is 1.72. The summed E-state index contributed by atoms with van der Waals surface area (Å²) in [6.45, 7) is 2.84. The van der Waals surface area contributed by atoms with Gasteiger partial charge in [0, 0.05) is 29.5 Å². The molecule has 2 aromatic rings. The summed E-state index contributed by atoms with van der Waals surface area (Å²) in [5, 5.41) is 3.10. The standard InChI is InChI=1S/C20H23NO2S/c1-15(13-16-7-8-19-17(14-16)9-11-23-19)21-20(22)10-12-24-18-5-3-2-4-6-18/h2-8,14-15H,9-13H2,1H3,(H,21,22). The SMILES string of the molecule is CC(Cc1ccc2c(c1)CCO2)NC(=O)CCSc1ccccc1. The van der Waals surface area contributed by atoms with Gasteiger partial charge in [-0.25, -0.2) is 0 Å². The van der Waals surface area contributed by atoms with Crippen molar-refractivity contribution in [2.75, 3.05) is 12.4 Å². The fraction of sp³-hybridized carbons (Fsp3) is 0.350. The van der Waals surface area contributed by atoms with Crippen LogP contribution in [0.4, 0.5) is 0 Å². The predicted molar refractivity (Wildman–Crippen MR) is 98.7 cm³/mol. The molecule has 1 amide bonds. The Hall–Kier alpha value is -1.94. The van der Waals surface area contributed by atoms with E-state index < -0.39 is 0 Å². The molecule has 0 fully saturated rings. The van der Waals surface area contributed by atoms with Crippen molar-refractivity contribution in [3.8, 4) is 5.75 Å². The molecule has 0 saturated heterocycles. The normalized spacial score (nSPS) is 13.9. The average Bonchev–Trinajstić information content (AvgIpc) is 3.03. The second kappa shape index (κ2) is 8.25. The number of rotatable bonds is 7. The van der Waals surface area contributed by atoms with E-state index in [9.17, 15) is 4.79 Å². The minimum Gasteiger partial charge on any atom is -0.493 e. The maximum Gasteiger partial charge on any atom is 0.221 e. The lowest BCUT2D eigenvalue weighted by atomic mass is 10.0. The van der Waals surface area contributed by atoms with Crippen LogP contribution in [0.5, 0.6) is 5.75 Å². The van der Waals surface area contributed by atoms with Crippen LogP contribution >= 0.6 is 11.8 Å². The first-order chi connectivity index (χ1) is 11.7. The quantitative estimate of drug-likeness (QED) is 0.778. The van der Waals surface area contributed by atoms with Gasteiger partial charge >= 0.3 is 0 Å². The number of ether oxygens (including phenoxy) is 1. The van der Waals surface area contributed by atoms with E-state index in [0.29, 0.717) is 6.42 Å². The molecule has 0 saturated carbocycles. The third kappa shape index (κ3) is 4.78. The van der Waals surface area contributed by atoms with Crippen LogP contribution in [0.2, 0.25) is 0 Å². The average molecular weight is 341 g/mol. The van der Waals surface area contributed by atoms with Gasteiger partial charge in [0.1, 0.15) is 5.75 Å². The molecule has 3 rings (SSSR count). The number of carbonyl (C=O) groups excluding carboxylic acids is 1. The van der Waals surface area contributed by atoms with Gasteiger partial charge in [-0.3, -0.25) is 4.79 Å². The molecule has 1 heterocycles. The molecule has 1 aliphatic rings. The Bertz CT molecular complexity index is 687. The summed E-state index contributed by atoms with van der Waals surface area (Å²) < 4.78 is 5.53. The van der Waals surface area contributed by atoms with Gasteiger partial charge in [-0.1, -0.05) is 30.3 Å². The third-order valence-corrected chi connectivity index (χ3v) is 5.06. The van der Waals surface area contributed by atoms with Crippen LogP contribution in [0.15, 0.2) is 53.4 Å². The summed E-state index contributed by atoms with van der Waals surface area (Å²) in [6, 6.07) is 16.7. The zero-order valence-corrected chi connectivity index (χ0v) is 14.8. The molecule has 0 aliphatic carbocycles. The molecule has 0 bridgehead atoms. The highest BCUT2D eigenvalue weighted by Crippen LogP contribution is 2.26. The van der Waals surface area contributed by atoms with Crippen molar-refractivity contribution in [3.05, 3.63) is 59.7 Å². The third-order valence-electron chi connectivity index (χ3n) is 4.04. The first-order valence-corrected chi connectivity index (χ1v) is 9.41. The van der Waals surface area contributed by atoms with Crippen molar-refractivity contribution < 1.29 is 9.53 Å². The van der Waals surface area contributed by atoms with Gasteiger partial charge in [0.2, 0.25) is 5.91 Å². The molecule has 24 heavy (non-hydrogen) atoms. The van der Waals surface area contributed by atoms with Gasteiger partial charge in [0.25, 0.3) is 0 Å². The number of hydrogen-bond acceptors (Lipinski definition) is 3. The number of carbonyl (C=O) groups is 1. The van der Waals surface area contributed by atoms with E-state index in [-0.39, 0.29) is 11.9 Å². The number of hydrogen-bond donors (Lipinski definition) is 1. The van der Waals surface area contributed by atoms with E-state index >= 15 is 0 Å². The van der Waals surface area contributed by atoms with Crippen LogP contribution in [0.1, 0.15) is 24.5 Å². The fourth-order valence-corrected chi connectivity index (χ4v) is 3.77. The molecular weight excluding hydrogens is 318 g/mol. The van der Waals surface area contributed by atoms with E-state index in [2.05, 4.69) is 36.5 Å². The van der Waals surface area contributed by atoms with Crippen molar-refractivity contribution >= 4 is 17.7 Å². The Labute approximate surface area is 147 Å². The van der Waals surface area contributed by atoms with Crippen LogP contribution in [0.25, 0.3) is 0 Å². The summed E-state index contributed by atoms with van der Waals surface area (Å²) in [5.41, 5.74) is 2.54. The van der Waals surface area contributed by atoms with Crippen molar-refractivity contribution in [1.82, 2.24) is 5.32 Å². The van der Waals surface area contributed by atoms with E-state index in [0.717, 1.165) is 31.0 Å². The molecule has 4 heteroatoms.